The van der Waals surface area contributed by atoms with E-state index in [1.165, 1.54) is 7.11 Å². The quantitative estimate of drug-likeness (QED) is 0.782. The maximum Gasteiger partial charge on any atom is 0.243 e. The third kappa shape index (κ3) is 5.02. The number of alkyl halides is 1. The summed E-state index contributed by atoms with van der Waals surface area (Å²) in [5, 5.41) is -0.356. The lowest BCUT2D eigenvalue weighted by atomic mass is 10.3. The van der Waals surface area contributed by atoms with Crippen LogP contribution >= 0.6 is 11.6 Å². The van der Waals surface area contributed by atoms with Gasteiger partial charge in [-0.05, 0) is 24.6 Å². The molecule has 0 bridgehead atoms. The second kappa shape index (κ2) is 7.14. The second-order valence-corrected chi connectivity index (χ2v) is 6.17. The average molecular weight is 314 g/mol. The number of nitrogens with one attached hydrogen (secondary N) is 1. The van der Waals surface area contributed by atoms with Gasteiger partial charge in [-0.3, -0.25) is 0 Å². The van der Waals surface area contributed by atoms with Gasteiger partial charge in [0, 0.05) is 13.7 Å². The summed E-state index contributed by atoms with van der Waals surface area (Å²) in [4.78, 5) is -0.717. The van der Waals surface area contributed by atoms with E-state index in [1.54, 1.807) is 0 Å². The Morgan fingerprint density at radius 1 is 1.42 bits per heavy atom. The van der Waals surface area contributed by atoms with Crippen LogP contribution in [-0.4, -0.2) is 34.1 Å². The minimum absolute atomic E-state index is 0.00974. The first-order valence-corrected chi connectivity index (χ1v) is 7.36. The van der Waals surface area contributed by atoms with Crippen molar-refractivity contribution < 1.29 is 21.9 Å². The maximum absolute atomic E-state index is 13.3. The van der Waals surface area contributed by atoms with E-state index in [4.69, 9.17) is 16.3 Å². The number of hydrogen-bond donors (Lipinski definition) is 1. The summed E-state index contributed by atoms with van der Waals surface area (Å²) >= 11 is 5.82. The maximum atomic E-state index is 13.3. The second-order valence-electron chi connectivity index (χ2n) is 3.81. The first kappa shape index (κ1) is 16.3. The van der Waals surface area contributed by atoms with E-state index in [0.717, 1.165) is 12.1 Å². The fraction of sp³-hybridized carbons (Fsp3) is 0.455. The van der Waals surface area contributed by atoms with Crippen LogP contribution in [0.3, 0.4) is 0 Å². The van der Waals surface area contributed by atoms with Gasteiger partial charge in [-0.25, -0.2) is 21.9 Å². The summed E-state index contributed by atoms with van der Waals surface area (Å²) in [6.07, 6.45) is 0.311. The van der Waals surface area contributed by atoms with Crippen LogP contribution in [0, 0.1) is 11.6 Å². The van der Waals surface area contributed by atoms with Crippen molar-refractivity contribution in [1.82, 2.24) is 4.72 Å². The molecule has 0 spiro atoms. The van der Waals surface area contributed by atoms with Crippen LogP contribution < -0.4 is 4.72 Å². The fourth-order valence-electron chi connectivity index (χ4n) is 1.37. The topological polar surface area (TPSA) is 55.4 Å². The zero-order valence-electron chi connectivity index (χ0n) is 10.2. The first-order valence-electron chi connectivity index (χ1n) is 5.44. The molecule has 19 heavy (non-hydrogen) atoms. The number of benzene rings is 1. The molecule has 0 saturated carbocycles. The number of halogens is 3. The third-order valence-electron chi connectivity index (χ3n) is 2.28. The molecule has 0 saturated heterocycles. The lowest BCUT2D eigenvalue weighted by molar-refractivity contribution is 0.196. The number of sulfonamides is 1. The zero-order valence-corrected chi connectivity index (χ0v) is 11.8. The van der Waals surface area contributed by atoms with Gasteiger partial charge in [0.05, 0.1) is 12.0 Å². The highest BCUT2D eigenvalue weighted by Gasteiger charge is 2.19. The minimum atomic E-state index is -4.09. The van der Waals surface area contributed by atoms with Crippen LogP contribution in [0.5, 0.6) is 0 Å². The van der Waals surface area contributed by atoms with Crippen LogP contribution in [0.2, 0.25) is 0 Å². The highest BCUT2D eigenvalue weighted by Crippen LogP contribution is 2.15. The predicted molar refractivity (Wildman–Crippen MR) is 67.7 cm³/mol. The van der Waals surface area contributed by atoms with Crippen molar-refractivity contribution in [2.45, 2.75) is 16.7 Å². The Hall–Kier alpha value is -0.760. The fourth-order valence-corrected chi connectivity index (χ4v) is 2.74. The number of ether oxygens (including phenoxy) is 1. The molecule has 0 aliphatic heterocycles. The van der Waals surface area contributed by atoms with E-state index in [2.05, 4.69) is 4.72 Å². The molecule has 0 aliphatic rings. The van der Waals surface area contributed by atoms with E-state index in [-0.39, 0.29) is 18.5 Å². The summed E-state index contributed by atoms with van der Waals surface area (Å²) in [5.41, 5.74) is 0. The van der Waals surface area contributed by atoms with Gasteiger partial charge in [-0.2, -0.15) is 0 Å². The first-order chi connectivity index (χ1) is 8.86. The third-order valence-corrected chi connectivity index (χ3v) is 4.10. The van der Waals surface area contributed by atoms with Gasteiger partial charge in [0.1, 0.15) is 16.5 Å². The average Bonchev–Trinajstić information content (AvgIpc) is 2.32. The SMILES string of the molecule is COCC(Cl)CCNS(=O)(=O)c1cc(F)ccc1F. The molecule has 1 aromatic carbocycles. The number of rotatable bonds is 7. The normalized spacial score (nSPS) is 13.5. The summed E-state index contributed by atoms with van der Waals surface area (Å²) in [7, 11) is -2.61. The lowest BCUT2D eigenvalue weighted by Gasteiger charge is -2.10. The molecule has 1 atom stereocenters. The smallest absolute Gasteiger partial charge is 0.243 e. The Morgan fingerprint density at radius 3 is 2.74 bits per heavy atom. The molecule has 1 N–H and O–H groups in total. The molecule has 1 aromatic rings. The largest absolute Gasteiger partial charge is 0.383 e. The lowest BCUT2D eigenvalue weighted by Crippen LogP contribution is -2.28. The monoisotopic (exact) mass is 313 g/mol. The van der Waals surface area contributed by atoms with Crippen molar-refractivity contribution in [2.75, 3.05) is 20.3 Å². The Labute approximate surface area is 115 Å². The molecule has 1 unspecified atom stereocenters. The van der Waals surface area contributed by atoms with Crippen molar-refractivity contribution in [3.63, 3.8) is 0 Å². The van der Waals surface area contributed by atoms with Crippen molar-refractivity contribution in [3.8, 4) is 0 Å². The van der Waals surface area contributed by atoms with Crippen LogP contribution in [0.4, 0.5) is 8.78 Å². The molecule has 108 valence electrons. The Bertz CT molecular complexity index is 525. The Kier molecular flexibility index (Phi) is 6.12. The van der Waals surface area contributed by atoms with Gasteiger partial charge < -0.3 is 4.74 Å². The van der Waals surface area contributed by atoms with Gasteiger partial charge in [-0.15, -0.1) is 11.6 Å². The van der Waals surface area contributed by atoms with Crippen molar-refractivity contribution >= 4 is 21.6 Å². The van der Waals surface area contributed by atoms with Gasteiger partial charge in [0.25, 0.3) is 0 Å². The molecule has 0 aromatic heterocycles. The summed E-state index contributed by atoms with van der Waals surface area (Å²) < 4.78 is 56.7. The molecular weight excluding hydrogens is 300 g/mol. The standard InChI is InChI=1S/C11H14ClF2NO3S/c1-18-7-8(12)4-5-15-19(16,17)11-6-9(13)2-3-10(11)14/h2-3,6,8,15H,4-5,7H2,1H3. The van der Waals surface area contributed by atoms with Crippen molar-refractivity contribution in [1.29, 1.82) is 0 Å². The van der Waals surface area contributed by atoms with Crippen LogP contribution in [0.1, 0.15) is 6.42 Å². The van der Waals surface area contributed by atoms with Gasteiger partial charge in [0.15, 0.2) is 0 Å². The van der Waals surface area contributed by atoms with Crippen molar-refractivity contribution in [2.24, 2.45) is 0 Å². The van der Waals surface area contributed by atoms with Gasteiger partial charge in [0.2, 0.25) is 10.0 Å². The molecular formula is C11H14ClF2NO3S. The molecule has 0 radical (unpaired) electrons. The minimum Gasteiger partial charge on any atom is -0.383 e. The van der Waals surface area contributed by atoms with E-state index >= 15 is 0 Å². The van der Waals surface area contributed by atoms with E-state index < -0.39 is 26.6 Å². The molecule has 8 heteroatoms. The number of hydrogen-bond acceptors (Lipinski definition) is 3. The van der Waals surface area contributed by atoms with Crippen molar-refractivity contribution in [3.05, 3.63) is 29.8 Å². The van der Waals surface area contributed by atoms with Crippen LogP contribution in [0.25, 0.3) is 0 Å². The predicted octanol–water partition coefficient (Wildman–Crippen LogP) is 1.89. The highest BCUT2D eigenvalue weighted by molar-refractivity contribution is 7.89. The van der Waals surface area contributed by atoms with Crippen LogP contribution in [-0.2, 0) is 14.8 Å². The molecule has 1 rings (SSSR count). The van der Waals surface area contributed by atoms with Gasteiger partial charge in [-0.1, -0.05) is 0 Å². The molecule has 0 aliphatic carbocycles. The molecule has 0 fully saturated rings. The zero-order chi connectivity index (χ0) is 14.5. The molecule has 0 heterocycles. The summed E-state index contributed by atoms with van der Waals surface area (Å²) in [5.74, 6) is -1.83. The Balaban J connectivity index is 2.68. The summed E-state index contributed by atoms with van der Waals surface area (Å²) in [6, 6.07) is 2.24. The van der Waals surface area contributed by atoms with Crippen LogP contribution in [0.15, 0.2) is 23.1 Å². The van der Waals surface area contributed by atoms with E-state index in [0.29, 0.717) is 12.5 Å². The summed E-state index contributed by atoms with van der Waals surface area (Å²) in [6.45, 7) is 0.285. The molecule has 4 nitrogen and oxygen atoms in total. The highest BCUT2D eigenvalue weighted by atomic mass is 35.5. The Morgan fingerprint density at radius 2 is 2.11 bits per heavy atom. The van der Waals surface area contributed by atoms with E-state index in [1.807, 2.05) is 0 Å². The number of methoxy groups -OCH3 is 1. The van der Waals surface area contributed by atoms with Gasteiger partial charge >= 0.3 is 0 Å². The molecule has 0 amide bonds. The van der Waals surface area contributed by atoms with E-state index in [9.17, 15) is 17.2 Å².